The standard InChI is InChI=1S/C11H24S/c1-5-6-7-8-9-10(2)11(3,4)12/h10,12H,5-9H2,1-4H3. The van der Waals surface area contributed by atoms with Crippen molar-refractivity contribution in [3.63, 3.8) is 0 Å². The zero-order valence-corrected chi connectivity index (χ0v) is 9.95. The van der Waals surface area contributed by atoms with Crippen LogP contribution < -0.4 is 0 Å². The maximum atomic E-state index is 4.57. The van der Waals surface area contributed by atoms with Crippen LogP contribution in [0.5, 0.6) is 0 Å². The summed E-state index contributed by atoms with van der Waals surface area (Å²) in [5.41, 5.74) is 0. The molecule has 0 N–H and O–H groups in total. The fourth-order valence-corrected chi connectivity index (χ4v) is 1.36. The Morgan fingerprint density at radius 1 is 1.17 bits per heavy atom. The largest absolute Gasteiger partial charge is 0.173 e. The molecule has 0 rings (SSSR count). The molecular formula is C11H24S. The van der Waals surface area contributed by atoms with Crippen molar-refractivity contribution in [1.29, 1.82) is 0 Å². The van der Waals surface area contributed by atoms with Crippen molar-refractivity contribution in [2.75, 3.05) is 0 Å². The van der Waals surface area contributed by atoms with Crippen molar-refractivity contribution >= 4 is 12.6 Å². The Hall–Kier alpha value is 0.350. The molecule has 0 radical (unpaired) electrons. The van der Waals surface area contributed by atoms with Gasteiger partial charge in [0.2, 0.25) is 0 Å². The van der Waals surface area contributed by atoms with Gasteiger partial charge in [0.15, 0.2) is 0 Å². The van der Waals surface area contributed by atoms with Crippen molar-refractivity contribution in [1.82, 2.24) is 0 Å². The van der Waals surface area contributed by atoms with Gasteiger partial charge in [-0.3, -0.25) is 0 Å². The van der Waals surface area contributed by atoms with E-state index in [0.29, 0.717) is 0 Å². The number of hydrogen-bond donors (Lipinski definition) is 1. The van der Waals surface area contributed by atoms with Gasteiger partial charge in [0.1, 0.15) is 0 Å². The molecule has 0 aromatic rings. The predicted molar refractivity (Wildman–Crippen MR) is 61.0 cm³/mol. The zero-order chi connectivity index (χ0) is 9.61. The van der Waals surface area contributed by atoms with Gasteiger partial charge < -0.3 is 0 Å². The first-order chi connectivity index (χ1) is 5.48. The molecule has 0 aliphatic rings. The van der Waals surface area contributed by atoms with E-state index in [4.69, 9.17) is 0 Å². The first kappa shape index (κ1) is 12.3. The van der Waals surface area contributed by atoms with Crippen LogP contribution >= 0.6 is 12.6 Å². The molecule has 0 nitrogen and oxygen atoms in total. The quantitative estimate of drug-likeness (QED) is 0.466. The van der Waals surface area contributed by atoms with Gasteiger partial charge in [0.05, 0.1) is 0 Å². The Balaban J connectivity index is 3.38. The van der Waals surface area contributed by atoms with E-state index in [1.807, 2.05) is 0 Å². The summed E-state index contributed by atoms with van der Waals surface area (Å²) in [4.78, 5) is 0. The summed E-state index contributed by atoms with van der Waals surface area (Å²) in [5.74, 6) is 0.734. The number of thiol groups is 1. The summed E-state index contributed by atoms with van der Waals surface area (Å²) in [7, 11) is 0. The minimum atomic E-state index is 0.201. The maximum Gasteiger partial charge on any atom is 0.00987 e. The van der Waals surface area contributed by atoms with Gasteiger partial charge >= 0.3 is 0 Å². The third-order valence-corrected chi connectivity index (χ3v) is 3.14. The van der Waals surface area contributed by atoms with Crippen molar-refractivity contribution in [2.45, 2.75) is 64.5 Å². The van der Waals surface area contributed by atoms with E-state index >= 15 is 0 Å². The normalized spacial score (nSPS) is 14.8. The van der Waals surface area contributed by atoms with E-state index in [1.165, 1.54) is 32.1 Å². The Bertz CT molecular complexity index is 102. The predicted octanol–water partition coefficient (Wildman–Crippen LogP) is 4.30. The molecule has 0 saturated heterocycles. The van der Waals surface area contributed by atoms with Crippen LogP contribution in [0.2, 0.25) is 0 Å². The first-order valence-corrected chi connectivity index (χ1v) is 5.65. The van der Waals surface area contributed by atoms with Gasteiger partial charge in [-0.15, -0.1) is 0 Å². The lowest BCUT2D eigenvalue weighted by Gasteiger charge is -2.26. The first-order valence-electron chi connectivity index (χ1n) is 5.20. The van der Waals surface area contributed by atoms with E-state index in [1.54, 1.807) is 0 Å². The molecule has 0 amide bonds. The smallest absolute Gasteiger partial charge is 0.00987 e. The van der Waals surface area contributed by atoms with Crippen molar-refractivity contribution in [3.05, 3.63) is 0 Å². The molecule has 0 aromatic heterocycles. The lowest BCUT2D eigenvalue weighted by Crippen LogP contribution is -2.21. The van der Waals surface area contributed by atoms with Gasteiger partial charge in [-0.1, -0.05) is 53.4 Å². The van der Waals surface area contributed by atoms with Crippen LogP contribution in [0, 0.1) is 5.92 Å². The highest BCUT2D eigenvalue weighted by atomic mass is 32.1. The number of hydrogen-bond acceptors (Lipinski definition) is 1. The molecular weight excluding hydrogens is 164 g/mol. The molecule has 1 unspecified atom stereocenters. The summed E-state index contributed by atoms with van der Waals surface area (Å²) >= 11 is 4.57. The molecule has 0 aliphatic heterocycles. The fourth-order valence-electron chi connectivity index (χ4n) is 1.23. The van der Waals surface area contributed by atoms with Crippen LogP contribution in [0.25, 0.3) is 0 Å². The highest BCUT2D eigenvalue weighted by Crippen LogP contribution is 2.27. The molecule has 0 aromatic carbocycles. The number of unbranched alkanes of at least 4 members (excludes halogenated alkanes) is 3. The van der Waals surface area contributed by atoms with Crippen LogP contribution in [0.4, 0.5) is 0 Å². The highest BCUT2D eigenvalue weighted by Gasteiger charge is 2.19. The summed E-state index contributed by atoms with van der Waals surface area (Å²) in [5, 5.41) is 0. The van der Waals surface area contributed by atoms with Crippen LogP contribution in [0.1, 0.15) is 59.8 Å². The van der Waals surface area contributed by atoms with E-state index < -0.39 is 0 Å². The third kappa shape index (κ3) is 5.93. The van der Waals surface area contributed by atoms with Crippen molar-refractivity contribution in [3.8, 4) is 0 Å². The average Bonchev–Trinajstić information content (AvgIpc) is 1.96. The van der Waals surface area contributed by atoms with E-state index in [2.05, 4.69) is 40.3 Å². The van der Waals surface area contributed by atoms with Crippen LogP contribution in [-0.2, 0) is 0 Å². The van der Waals surface area contributed by atoms with Gasteiger partial charge in [0.25, 0.3) is 0 Å². The molecule has 1 heteroatoms. The minimum Gasteiger partial charge on any atom is -0.173 e. The van der Waals surface area contributed by atoms with Gasteiger partial charge in [-0.05, 0) is 12.3 Å². The van der Waals surface area contributed by atoms with Gasteiger partial charge in [-0.2, -0.15) is 12.6 Å². The molecule has 12 heavy (non-hydrogen) atoms. The molecule has 1 atom stereocenters. The van der Waals surface area contributed by atoms with E-state index in [-0.39, 0.29) is 4.75 Å². The lowest BCUT2D eigenvalue weighted by atomic mass is 9.91. The minimum absolute atomic E-state index is 0.201. The Kier molecular flexibility index (Phi) is 6.08. The molecule has 0 aliphatic carbocycles. The second kappa shape index (κ2) is 5.90. The molecule has 74 valence electrons. The van der Waals surface area contributed by atoms with Gasteiger partial charge in [-0.25, -0.2) is 0 Å². The van der Waals surface area contributed by atoms with Crippen LogP contribution in [0.15, 0.2) is 0 Å². The fraction of sp³-hybridized carbons (Fsp3) is 1.00. The van der Waals surface area contributed by atoms with Crippen molar-refractivity contribution in [2.24, 2.45) is 5.92 Å². The second-order valence-corrected chi connectivity index (χ2v) is 5.56. The lowest BCUT2D eigenvalue weighted by molar-refractivity contribution is 0.411. The summed E-state index contributed by atoms with van der Waals surface area (Å²) < 4.78 is 0.201. The summed E-state index contributed by atoms with van der Waals surface area (Å²) in [6, 6.07) is 0. The topological polar surface area (TPSA) is 0 Å². The second-order valence-electron chi connectivity index (χ2n) is 4.40. The number of rotatable bonds is 6. The summed E-state index contributed by atoms with van der Waals surface area (Å²) in [6.07, 6.45) is 6.82. The zero-order valence-electron chi connectivity index (χ0n) is 9.06. The van der Waals surface area contributed by atoms with Crippen LogP contribution in [-0.4, -0.2) is 4.75 Å². The molecule has 0 saturated carbocycles. The highest BCUT2D eigenvalue weighted by molar-refractivity contribution is 7.81. The monoisotopic (exact) mass is 188 g/mol. The molecule has 0 heterocycles. The Labute approximate surface area is 83.5 Å². The summed E-state index contributed by atoms with van der Waals surface area (Å²) in [6.45, 7) is 8.98. The van der Waals surface area contributed by atoms with E-state index in [0.717, 1.165) is 5.92 Å². The van der Waals surface area contributed by atoms with E-state index in [9.17, 15) is 0 Å². The van der Waals surface area contributed by atoms with Crippen LogP contribution in [0.3, 0.4) is 0 Å². The Morgan fingerprint density at radius 2 is 1.75 bits per heavy atom. The van der Waals surface area contributed by atoms with Crippen molar-refractivity contribution < 1.29 is 0 Å². The molecule has 0 spiro atoms. The SMILES string of the molecule is CCCCCCC(C)C(C)(C)S. The third-order valence-electron chi connectivity index (χ3n) is 2.70. The Morgan fingerprint density at radius 3 is 2.17 bits per heavy atom. The maximum absolute atomic E-state index is 4.57. The molecule has 0 bridgehead atoms. The average molecular weight is 188 g/mol. The van der Waals surface area contributed by atoms with Gasteiger partial charge in [0, 0.05) is 4.75 Å². The molecule has 0 fully saturated rings.